The molecule has 0 saturated heterocycles. The first-order valence-electron chi connectivity index (χ1n) is 7.21. The predicted molar refractivity (Wildman–Crippen MR) is 86.0 cm³/mol. The lowest BCUT2D eigenvalue weighted by Crippen LogP contribution is -2.15. The van der Waals surface area contributed by atoms with Gasteiger partial charge in [-0.15, -0.1) is 0 Å². The van der Waals surface area contributed by atoms with Crippen molar-refractivity contribution >= 4 is 22.6 Å². The molecule has 1 aliphatic heterocycles. The minimum Gasteiger partial charge on any atom is -0.486 e. The van der Waals surface area contributed by atoms with Crippen LogP contribution in [0.2, 0.25) is 5.02 Å². The average molecular weight is 315 g/mol. The molecule has 0 N–H and O–H groups in total. The van der Waals surface area contributed by atoms with E-state index in [9.17, 15) is 0 Å². The second-order valence-electron chi connectivity index (χ2n) is 5.36. The molecule has 0 saturated carbocycles. The van der Waals surface area contributed by atoms with Crippen molar-refractivity contribution in [2.45, 2.75) is 13.5 Å². The van der Waals surface area contributed by atoms with Crippen LogP contribution in [0.4, 0.5) is 0 Å². The van der Waals surface area contributed by atoms with Crippen molar-refractivity contribution in [1.29, 1.82) is 0 Å². The van der Waals surface area contributed by atoms with E-state index in [1.165, 1.54) is 5.56 Å². The van der Waals surface area contributed by atoms with Gasteiger partial charge in [0.1, 0.15) is 19.0 Å². The molecule has 4 rings (SSSR count). The number of nitrogens with zero attached hydrogens (tertiary/aromatic N) is 2. The molecule has 0 unspecified atom stereocenters. The number of benzene rings is 2. The number of rotatable bonds is 2. The Morgan fingerprint density at radius 3 is 2.50 bits per heavy atom. The van der Waals surface area contributed by atoms with E-state index >= 15 is 0 Å². The van der Waals surface area contributed by atoms with Gasteiger partial charge in [0.05, 0.1) is 11.0 Å². The van der Waals surface area contributed by atoms with Crippen molar-refractivity contribution in [1.82, 2.24) is 9.55 Å². The molecule has 2 heterocycles. The first-order valence-corrected chi connectivity index (χ1v) is 7.59. The zero-order chi connectivity index (χ0) is 15.1. The van der Waals surface area contributed by atoms with Gasteiger partial charge >= 0.3 is 0 Å². The molecule has 4 nitrogen and oxygen atoms in total. The second kappa shape index (κ2) is 5.21. The van der Waals surface area contributed by atoms with Gasteiger partial charge in [-0.2, -0.15) is 0 Å². The number of hydrogen-bond acceptors (Lipinski definition) is 3. The summed E-state index contributed by atoms with van der Waals surface area (Å²) in [6, 6.07) is 11.8. The Bertz CT molecular complexity index is 840. The number of halogens is 1. The Balaban J connectivity index is 1.79. The Kier molecular flexibility index (Phi) is 3.19. The highest BCUT2D eigenvalue weighted by atomic mass is 35.5. The molecule has 0 amide bonds. The third kappa shape index (κ3) is 2.29. The van der Waals surface area contributed by atoms with Crippen LogP contribution in [0.1, 0.15) is 11.4 Å². The van der Waals surface area contributed by atoms with Crippen LogP contribution in [-0.2, 0) is 6.54 Å². The van der Waals surface area contributed by atoms with Gasteiger partial charge < -0.3 is 14.0 Å². The molecule has 22 heavy (non-hydrogen) atoms. The van der Waals surface area contributed by atoms with Crippen LogP contribution in [0.3, 0.4) is 0 Å². The van der Waals surface area contributed by atoms with Gasteiger partial charge in [-0.25, -0.2) is 4.98 Å². The Hall–Kier alpha value is -2.20. The van der Waals surface area contributed by atoms with E-state index in [-0.39, 0.29) is 0 Å². The van der Waals surface area contributed by atoms with Crippen LogP contribution in [0.25, 0.3) is 11.0 Å². The summed E-state index contributed by atoms with van der Waals surface area (Å²) in [6.07, 6.45) is 0. The van der Waals surface area contributed by atoms with Crippen molar-refractivity contribution in [3.05, 3.63) is 52.8 Å². The van der Waals surface area contributed by atoms with Gasteiger partial charge in [-0.05, 0) is 24.6 Å². The lowest BCUT2D eigenvalue weighted by Gasteiger charge is -2.18. The quantitative estimate of drug-likeness (QED) is 0.721. The van der Waals surface area contributed by atoms with E-state index in [1.54, 1.807) is 0 Å². The maximum absolute atomic E-state index is 5.95. The van der Waals surface area contributed by atoms with Crippen LogP contribution in [-0.4, -0.2) is 22.8 Å². The molecule has 3 aromatic rings. The molecular formula is C17H15ClN2O2. The van der Waals surface area contributed by atoms with E-state index in [0.717, 1.165) is 39.9 Å². The van der Waals surface area contributed by atoms with Crippen LogP contribution < -0.4 is 9.47 Å². The minimum atomic E-state index is 0.586. The topological polar surface area (TPSA) is 36.3 Å². The highest BCUT2D eigenvalue weighted by Crippen LogP contribution is 2.34. The third-order valence-electron chi connectivity index (χ3n) is 3.86. The van der Waals surface area contributed by atoms with Gasteiger partial charge in [0.25, 0.3) is 0 Å². The monoisotopic (exact) mass is 314 g/mol. The standard InChI is InChI=1S/C17H15ClN2O2/c1-11-19-14-8-16-17(22-7-6-21-16)9-15(14)20(11)10-12-2-4-13(18)5-3-12/h2-5,8-9H,6-7,10H2,1H3. The summed E-state index contributed by atoms with van der Waals surface area (Å²) < 4.78 is 13.5. The molecule has 2 aromatic carbocycles. The molecule has 0 fully saturated rings. The SMILES string of the molecule is Cc1nc2cc3c(cc2n1Cc1ccc(Cl)cc1)OCCO3. The molecular weight excluding hydrogens is 300 g/mol. The van der Waals surface area contributed by atoms with E-state index in [1.807, 2.05) is 43.3 Å². The van der Waals surface area contributed by atoms with E-state index in [4.69, 9.17) is 21.1 Å². The molecule has 1 aromatic heterocycles. The summed E-state index contributed by atoms with van der Waals surface area (Å²) in [5.74, 6) is 2.53. The molecule has 5 heteroatoms. The molecule has 1 aliphatic rings. The Labute approximate surface area is 133 Å². The van der Waals surface area contributed by atoms with E-state index in [2.05, 4.69) is 9.55 Å². The summed E-state index contributed by atoms with van der Waals surface area (Å²) in [6.45, 7) is 3.93. The maximum Gasteiger partial charge on any atom is 0.163 e. The zero-order valence-corrected chi connectivity index (χ0v) is 12.9. The third-order valence-corrected chi connectivity index (χ3v) is 4.11. The molecule has 0 bridgehead atoms. The van der Waals surface area contributed by atoms with Crippen molar-refractivity contribution in [2.24, 2.45) is 0 Å². The first-order chi connectivity index (χ1) is 10.7. The maximum atomic E-state index is 5.95. The van der Waals surface area contributed by atoms with Gasteiger partial charge in [0.2, 0.25) is 0 Å². The normalized spacial score (nSPS) is 13.5. The fraction of sp³-hybridized carbons (Fsp3) is 0.235. The molecule has 0 radical (unpaired) electrons. The fourth-order valence-electron chi connectivity index (χ4n) is 2.75. The average Bonchev–Trinajstić information content (AvgIpc) is 2.82. The molecule has 0 atom stereocenters. The molecule has 0 spiro atoms. The number of fused-ring (bicyclic) bond motifs is 2. The number of imidazole rings is 1. The smallest absolute Gasteiger partial charge is 0.163 e. The van der Waals surface area contributed by atoms with Crippen molar-refractivity contribution in [2.75, 3.05) is 13.2 Å². The van der Waals surface area contributed by atoms with Crippen molar-refractivity contribution in [3.8, 4) is 11.5 Å². The summed E-state index contributed by atoms with van der Waals surface area (Å²) in [5.41, 5.74) is 3.16. The van der Waals surface area contributed by atoms with Crippen LogP contribution >= 0.6 is 11.6 Å². The summed E-state index contributed by atoms with van der Waals surface area (Å²) in [4.78, 5) is 4.64. The number of aromatic nitrogens is 2. The molecule has 112 valence electrons. The molecule has 0 aliphatic carbocycles. The lowest BCUT2D eigenvalue weighted by molar-refractivity contribution is 0.172. The van der Waals surface area contributed by atoms with E-state index < -0.39 is 0 Å². The van der Waals surface area contributed by atoms with Gasteiger partial charge in [-0.1, -0.05) is 23.7 Å². The number of aryl methyl sites for hydroxylation is 1. The lowest BCUT2D eigenvalue weighted by atomic mass is 10.2. The van der Waals surface area contributed by atoms with Gasteiger partial charge in [-0.3, -0.25) is 0 Å². The van der Waals surface area contributed by atoms with Crippen LogP contribution in [0.15, 0.2) is 36.4 Å². The fourth-order valence-corrected chi connectivity index (χ4v) is 2.88. The zero-order valence-electron chi connectivity index (χ0n) is 12.2. The second-order valence-corrected chi connectivity index (χ2v) is 5.79. The Morgan fingerprint density at radius 2 is 1.77 bits per heavy atom. The predicted octanol–water partition coefficient (Wildman–Crippen LogP) is 3.82. The highest BCUT2D eigenvalue weighted by molar-refractivity contribution is 6.30. The van der Waals surface area contributed by atoms with Gasteiger partial charge in [0, 0.05) is 23.7 Å². The summed E-state index contributed by atoms with van der Waals surface area (Å²) in [7, 11) is 0. The van der Waals surface area contributed by atoms with Crippen molar-refractivity contribution in [3.63, 3.8) is 0 Å². The largest absolute Gasteiger partial charge is 0.486 e. The van der Waals surface area contributed by atoms with Crippen molar-refractivity contribution < 1.29 is 9.47 Å². The van der Waals surface area contributed by atoms with Crippen LogP contribution in [0, 0.1) is 6.92 Å². The minimum absolute atomic E-state index is 0.586. The Morgan fingerprint density at radius 1 is 1.09 bits per heavy atom. The summed E-state index contributed by atoms with van der Waals surface area (Å²) in [5, 5.41) is 0.746. The van der Waals surface area contributed by atoms with Gasteiger partial charge in [0.15, 0.2) is 11.5 Å². The first kappa shape index (κ1) is 13.5. The highest BCUT2D eigenvalue weighted by Gasteiger charge is 2.16. The number of ether oxygens (including phenoxy) is 2. The van der Waals surface area contributed by atoms with Crippen LogP contribution in [0.5, 0.6) is 11.5 Å². The van der Waals surface area contributed by atoms with E-state index in [0.29, 0.717) is 13.2 Å². The summed E-state index contributed by atoms with van der Waals surface area (Å²) >= 11 is 5.95. The number of hydrogen-bond donors (Lipinski definition) is 0.